The predicted molar refractivity (Wildman–Crippen MR) is 241 cm³/mol. The molecule has 12 aromatic rings. The van der Waals surface area contributed by atoms with Gasteiger partial charge in [-0.3, -0.25) is 0 Å². The third kappa shape index (κ3) is 5.02. The summed E-state index contributed by atoms with van der Waals surface area (Å²) in [7, 11) is 0. The third-order valence-electron chi connectivity index (χ3n) is 11.6. The standard InChI is InChI=1S/C54H34N2O2/c1-2-13-35(14-3-1)36-25-27-38(28-26-36)55(39-29-31-40(32-30-39)56-48-21-8-4-17-42(48)43-18-5-9-22-49(43)56)41-16-12-15-37(33-41)46-34-47-44-19-6-10-23-50(44)57-53(47)54-52(46)45-20-7-11-24-51(45)58-54/h1-34H. The monoisotopic (exact) mass is 742 g/mol. The van der Waals surface area contributed by atoms with Crippen LogP contribution in [0.1, 0.15) is 0 Å². The fourth-order valence-electron chi connectivity index (χ4n) is 8.94. The lowest BCUT2D eigenvalue weighted by Gasteiger charge is -2.26. The van der Waals surface area contributed by atoms with E-state index in [0.717, 1.165) is 77.8 Å². The van der Waals surface area contributed by atoms with Crippen LogP contribution in [-0.2, 0) is 0 Å². The zero-order valence-electron chi connectivity index (χ0n) is 31.3. The van der Waals surface area contributed by atoms with Crippen molar-refractivity contribution in [1.82, 2.24) is 4.57 Å². The summed E-state index contributed by atoms with van der Waals surface area (Å²) in [6.07, 6.45) is 0. The molecule has 4 heteroatoms. The third-order valence-corrected chi connectivity index (χ3v) is 11.6. The summed E-state index contributed by atoms with van der Waals surface area (Å²) in [5, 5.41) is 6.72. The van der Waals surface area contributed by atoms with Gasteiger partial charge in [-0.1, -0.05) is 127 Å². The van der Waals surface area contributed by atoms with E-state index in [2.05, 4.69) is 191 Å². The molecular weight excluding hydrogens is 709 g/mol. The first-order chi connectivity index (χ1) is 28.8. The van der Waals surface area contributed by atoms with Crippen LogP contribution in [0.25, 0.3) is 93.6 Å². The summed E-state index contributed by atoms with van der Waals surface area (Å²) in [6.45, 7) is 0. The van der Waals surface area contributed by atoms with Crippen molar-refractivity contribution in [3.63, 3.8) is 0 Å². The van der Waals surface area contributed by atoms with Gasteiger partial charge in [-0.25, -0.2) is 0 Å². The average molecular weight is 743 g/mol. The lowest BCUT2D eigenvalue weighted by atomic mass is 9.96. The van der Waals surface area contributed by atoms with Crippen LogP contribution >= 0.6 is 0 Å². The largest absolute Gasteiger partial charge is 0.452 e. The maximum Gasteiger partial charge on any atom is 0.179 e. The molecule has 12 rings (SSSR count). The summed E-state index contributed by atoms with van der Waals surface area (Å²) in [5.74, 6) is 0. The molecule has 0 saturated heterocycles. The Bertz CT molecular complexity index is 3450. The number of hydrogen-bond acceptors (Lipinski definition) is 3. The molecule has 58 heavy (non-hydrogen) atoms. The van der Waals surface area contributed by atoms with Crippen LogP contribution in [0.3, 0.4) is 0 Å². The second kappa shape index (κ2) is 12.9. The van der Waals surface area contributed by atoms with Crippen molar-refractivity contribution in [2.75, 3.05) is 4.90 Å². The highest BCUT2D eigenvalue weighted by Crippen LogP contribution is 2.46. The first-order valence-electron chi connectivity index (χ1n) is 19.7. The molecule has 0 unspecified atom stereocenters. The number of nitrogens with zero attached hydrogens (tertiary/aromatic N) is 2. The zero-order chi connectivity index (χ0) is 38.2. The quantitative estimate of drug-likeness (QED) is 0.170. The lowest BCUT2D eigenvalue weighted by molar-refractivity contribution is 0.633. The first kappa shape index (κ1) is 32.4. The van der Waals surface area contributed by atoms with Crippen molar-refractivity contribution in [1.29, 1.82) is 0 Å². The summed E-state index contributed by atoms with van der Waals surface area (Å²) < 4.78 is 15.5. The molecule has 0 saturated carbocycles. The highest BCUT2D eigenvalue weighted by molar-refractivity contribution is 6.24. The van der Waals surface area contributed by atoms with Gasteiger partial charge in [-0.15, -0.1) is 0 Å². The van der Waals surface area contributed by atoms with E-state index < -0.39 is 0 Å². The van der Waals surface area contributed by atoms with Crippen LogP contribution in [0.15, 0.2) is 215 Å². The molecule has 272 valence electrons. The molecule has 0 aliphatic rings. The topological polar surface area (TPSA) is 34.5 Å². The van der Waals surface area contributed by atoms with Gasteiger partial charge in [-0.05, 0) is 101 Å². The van der Waals surface area contributed by atoms with Gasteiger partial charge in [0.25, 0.3) is 0 Å². The second-order valence-electron chi connectivity index (χ2n) is 14.9. The summed E-state index contributed by atoms with van der Waals surface area (Å²) >= 11 is 0. The van der Waals surface area contributed by atoms with Gasteiger partial charge in [0.15, 0.2) is 11.2 Å². The number of benzene rings is 9. The van der Waals surface area contributed by atoms with Gasteiger partial charge in [0.2, 0.25) is 0 Å². The average Bonchev–Trinajstić information content (AvgIpc) is 3.97. The van der Waals surface area contributed by atoms with Gasteiger partial charge in [0, 0.05) is 55.1 Å². The van der Waals surface area contributed by atoms with Gasteiger partial charge in [0.05, 0.1) is 11.0 Å². The van der Waals surface area contributed by atoms with E-state index in [9.17, 15) is 0 Å². The molecule has 0 fully saturated rings. The number of aromatic nitrogens is 1. The minimum absolute atomic E-state index is 0.768. The summed E-state index contributed by atoms with van der Waals surface area (Å²) in [6, 6.07) is 73.3. The fraction of sp³-hybridized carbons (Fsp3) is 0. The number of para-hydroxylation sites is 4. The number of fused-ring (bicyclic) bond motifs is 10. The smallest absolute Gasteiger partial charge is 0.179 e. The van der Waals surface area contributed by atoms with Crippen LogP contribution in [0.4, 0.5) is 17.1 Å². The van der Waals surface area contributed by atoms with Crippen LogP contribution in [0, 0.1) is 0 Å². The highest BCUT2D eigenvalue weighted by atomic mass is 16.4. The molecular formula is C54H34N2O2. The van der Waals surface area contributed by atoms with Crippen molar-refractivity contribution in [3.8, 4) is 27.9 Å². The molecule has 0 bridgehead atoms. The number of hydrogen-bond donors (Lipinski definition) is 0. The minimum atomic E-state index is 0.768. The summed E-state index contributed by atoms with van der Waals surface area (Å²) in [4.78, 5) is 2.35. The van der Waals surface area contributed by atoms with E-state index in [0.29, 0.717) is 0 Å². The maximum atomic E-state index is 6.61. The Balaban J connectivity index is 1.04. The van der Waals surface area contributed by atoms with Crippen LogP contribution in [0.2, 0.25) is 0 Å². The van der Waals surface area contributed by atoms with Crippen molar-refractivity contribution in [3.05, 3.63) is 206 Å². The number of rotatable bonds is 6. The highest BCUT2D eigenvalue weighted by Gasteiger charge is 2.22. The molecule has 0 spiro atoms. The molecule has 0 N–H and O–H groups in total. The number of anilines is 3. The molecule has 3 heterocycles. The lowest BCUT2D eigenvalue weighted by Crippen LogP contribution is -2.10. The van der Waals surface area contributed by atoms with Gasteiger partial charge < -0.3 is 18.3 Å². The van der Waals surface area contributed by atoms with Crippen LogP contribution in [0.5, 0.6) is 0 Å². The fourth-order valence-corrected chi connectivity index (χ4v) is 8.94. The molecule has 0 aliphatic heterocycles. The van der Waals surface area contributed by atoms with Crippen molar-refractivity contribution < 1.29 is 8.83 Å². The van der Waals surface area contributed by atoms with Crippen LogP contribution < -0.4 is 4.90 Å². The minimum Gasteiger partial charge on any atom is -0.452 e. The first-order valence-corrected chi connectivity index (χ1v) is 19.7. The SMILES string of the molecule is c1ccc(-c2ccc(N(c3ccc(-n4c5ccccc5c5ccccc54)cc3)c3cccc(-c4cc5c6ccccc6oc5c5oc6ccccc6c45)c3)cc2)cc1. The molecule has 3 aromatic heterocycles. The normalized spacial score (nSPS) is 11.8. The zero-order valence-corrected chi connectivity index (χ0v) is 31.3. The Hall–Kier alpha value is -7.82. The Labute approximate surface area is 334 Å². The summed E-state index contributed by atoms with van der Waals surface area (Å²) in [5.41, 5.74) is 14.5. The molecule has 0 atom stereocenters. The Morgan fingerprint density at radius 3 is 1.59 bits per heavy atom. The van der Waals surface area contributed by atoms with E-state index in [1.165, 1.54) is 32.9 Å². The van der Waals surface area contributed by atoms with Crippen molar-refractivity contribution in [2.45, 2.75) is 0 Å². The second-order valence-corrected chi connectivity index (χ2v) is 14.9. The van der Waals surface area contributed by atoms with Crippen molar-refractivity contribution in [2.24, 2.45) is 0 Å². The molecule has 9 aromatic carbocycles. The van der Waals surface area contributed by atoms with Gasteiger partial charge in [0.1, 0.15) is 11.2 Å². The Morgan fingerprint density at radius 1 is 0.345 bits per heavy atom. The molecule has 0 aliphatic carbocycles. The van der Waals surface area contributed by atoms with Gasteiger partial charge in [-0.2, -0.15) is 0 Å². The van der Waals surface area contributed by atoms with E-state index in [4.69, 9.17) is 8.83 Å². The molecule has 0 amide bonds. The Kier molecular flexibility index (Phi) is 7.20. The van der Waals surface area contributed by atoms with E-state index in [1.54, 1.807) is 0 Å². The molecule has 4 nitrogen and oxygen atoms in total. The predicted octanol–water partition coefficient (Wildman–Crippen LogP) is 15.4. The van der Waals surface area contributed by atoms with E-state index in [1.807, 2.05) is 24.3 Å². The number of furan rings is 2. The van der Waals surface area contributed by atoms with E-state index in [-0.39, 0.29) is 0 Å². The van der Waals surface area contributed by atoms with Crippen LogP contribution in [-0.4, -0.2) is 4.57 Å². The maximum absolute atomic E-state index is 6.61. The van der Waals surface area contributed by atoms with E-state index >= 15 is 0 Å². The van der Waals surface area contributed by atoms with Gasteiger partial charge >= 0.3 is 0 Å². The molecule has 0 radical (unpaired) electrons. The Morgan fingerprint density at radius 2 is 0.879 bits per heavy atom. The van der Waals surface area contributed by atoms with Crippen molar-refractivity contribution >= 4 is 82.7 Å².